The van der Waals surface area contributed by atoms with E-state index >= 15 is 0 Å². The van der Waals surface area contributed by atoms with Crippen molar-refractivity contribution in [3.05, 3.63) is 29.3 Å². The number of rotatable bonds is 1. The summed E-state index contributed by atoms with van der Waals surface area (Å²) < 4.78 is 39.5. The Kier molecular flexibility index (Phi) is 1.37. The fourth-order valence-electron chi connectivity index (χ4n) is 0.648. The second kappa shape index (κ2) is 2.77. The van der Waals surface area contributed by atoms with Gasteiger partial charge in [-0.2, -0.15) is 0 Å². The lowest BCUT2D eigenvalue weighted by Gasteiger charge is -1.99. The molecule has 0 radical (unpaired) electrons. The van der Waals surface area contributed by atoms with Crippen LogP contribution in [0.1, 0.15) is 13.1 Å². The lowest BCUT2D eigenvalue weighted by Crippen LogP contribution is -2.03. The maximum Gasteiger partial charge on any atom is 0.341 e. The van der Waals surface area contributed by atoms with Crippen LogP contribution in [0.25, 0.3) is 0 Å². The molecule has 0 aliphatic heterocycles. The summed E-state index contributed by atoms with van der Waals surface area (Å²) in [5.41, 5.74) is -1.40. The summed E-state index contributed by atoms with van der Waals surface area (Å²) in [6, 6.07) is -2.40. The van der Waals surface area contributed by atoms with E-state index in [-0.39, 0.29) is 0 Å². The van der Waals surface area contributed by atoms with Gasteiger partial charge in [0.25, 0.3) is 0 Å². The number of benzene rings is 1. The average molecular weight is 176 g/mol. The predicted molar refractivity (Wildman–Crippen MR) is 35.0 cm³/mol. The molecule has 0 saturated heterocycles. The SMILES string of the molecule is [2H]c1c(O)c([2H])c(F)c(C(=O)O)c1F. The summed E-state index contributed by atoms with van der Waals surface area (Å²) in [6.45, 7) is 0. The van der Waals surface area contributed by atoms with Gasteiger partial charge in [-0.15, -0.1) is 0 Å². The number of carboxylic acid groups (broad SMARTS) is 1. The topological polar surface area (TPSA) is 57.5 Å². The first-order chi connectivity index (χ1) is 6.37. The Balaban J connectivity index is 3.68. The van der Waals surface area contributed by atoms with Crippen molar-refractivity contribution in [2.75, 3.05) is 0 Å². The highest BCUT2D eigenvalue weighted by atomic mass is 19.1. The molecule has 12 heavy (non-hydrogen) atoms. The molecule has 3 nitrogen and oxygen atoms in total. The molecular formula is C7H4F2O3. The van der Waals surface area contributed by atoms with E-state index in [4.69, 9.17) is 13.0 Å². The fourth-order valence-corrected chi connectivity index (χ4v) is 0.648. The highest BCUT2D eigenvalue weighted by molar-refractivity contribution is 5.88. The maximum atomic E-state index is 12.9. The molecule has 0 amide bonds. The van der Waals surface area contributed by atoms with Crippen LogP contribution in [0.2, 0.25) is 0 Å². The van der Waals surface area contributed by atoms with Gasteiger partial charge in [-0.05, 0) is 0 Å². The van der Waals surface area contributed by atoms with E-state index in [1.54, 1.807) is 0 Å². The van der Waals surface area contributed by atoms with E-state index in [1.807, 2.05) is 0 Å². The van der Waals surface area contributed by atoms with Gasteiger partial charge in [0.05, 0.1) is 2.74 Å². The van der Waals surface area contributed by atoms with Crippen LogP contribution in [-0.2, 0) is 0 Å². The Bertz CT molecular complexity index is 391. The quantitative estimate of drug-likeness (QED) is 0.679. The number of hydrogen-bond acceptors (Lipinski definition) is 2. The van der Waals surface area contributed by atoms with Crippen molar-refractivity contribution in [2.24, 2.45) is 0 Å². The largest absolute Gasteiger partial charge is 0.508 e. The third-order valence-electron chi connectivity index (χ3n) is 1.11. The van der Waals surface area contributed by atoms with Crippen LogP contribution < -0.4 is 0 Å². The molecule has 0 heterocycles. The Morgan fingerprint density at radius 2 is 1.83 bits per heavy atom. The fraction of sp³-hybridized carbons (Fsp3) is 0. The minimum absolute atomic E-state index is 1.20. The average Bonchev–Trinajstić information content (AvgIpc) is 2.11. The molecule has 0 aliphatic rings. The number of aromatic hydroxyl groups is 1. The van der Waals surface area contributed by atoms with Crippen molar-refractivity contribution in [3.63, 3.8) is 0 Å². The minimum atomic E-state index is -1.93. The Morgan fingerprint density at radius 3 is 2.17 bits per heavy atom. The molecular weight excluding hydrogens is 170 g/mol. The molecule has 0 atom stereocenters. The third-order valence-corrected chi connectivity index (χ3v) is 1.11. The number of hydrogen-bond donors (Lipinski definition) is 2. The zero-order chi connectivity index (χ0) is 11.0. The van der Waals surface area contributed by atoms with Crippen LogP contribution in [-0.4, -0.2) is 16.2 Å². The zero-order valence-electron chi connectivity index (χ0n) is 7.56. The molecule has 1 aromatic carbocycles. The second-order valence-electron chi connectivity index (χ2n) is 1.91. The van der Waals surface area contributed by atoms with Gasteiger partial charge in [-0.1, -0.05) is 0 Å². The van der Waals surface area contributed by atoms with Gasteiger partial charge in [-0.3, -0.25) is 0 Å². The molecule has 1 aromatic rings. The van der Waals surface area contributed by atoms with Gasteiger partial charge in [0, 0.05) is 12.1 Å². The van der Waals surface area contributed by atoms with Crippen LogP contribution >= 0.6 is 0 Å². The van der Waals surface area contributed by atoms with E-state index < -0.39 is 41.0 Å². The lowest BCUT2D eigenvalue weighted by atomic mass is 10.2. The number of aromatic carboxylic acids is 1. The molecule has 0 saturated carbocycles. The van der Waals surface area contributed by atoms with Crippen LogP contribution in [0.15, 0.2) is 12.1 Å². The summed E-state index contributed by atoms with van der Waals surface area (Å²) in [5.74, 6) is -6.53. The molecule has 0 aliphatic carbocycles. The number of carboxylic acids is 1. The van der Waals surface area contributed by atoms with Crippen molar-refractivity contribution >= 4 is 5.97 Å². The van der Waals surface area contributed by atoms with E-state index in [0.29, 0.717) is 0 Å². The number of phenols is 1. The molecule has 0 unspecified atom stereocenters. The van der Waals surface area contributed by atoms with E-state index in [0.717, 1.165) is 0 Å². The highest BCUT2D eigenvalue weighted by Gasteiger charge is 2.17. The van der Waals surface area contributed by atoms with Crippen molar-refractivity contribution in [3.8, 4) is 5.75 Å². The Labute approximate surface area is 68.7 Å². The molecule has 0 bridgehead atoms. The van der Waals surface area contributed by atoms with Gasteiger partial charge in [0.1, 0.15) is 22.9 Å². The van der Waals surface area contributed by atoms with Gasteiger partial charge in [-0.25, -0.2) is 13.6 Å². The standard InChI is InChI=1S/C7H4F2O3/c8-4-1-3(10)2-5(9)6(4)7(11)12/h1-2,10H,(H,11,12)/i1D,2D. The third kappa shape index (κ3) is 1.34. The lowest BCUT2D eigenvalue weighted by molar-refractivity contribution is 0.0686. The number of carbonyl (C=O) groups is 1. The van der Waals surface area contributed by atoms with Crippen molar-refractivity contribution in [1.82, 2.24) is 0 Å². The number of halogens is 2. The van der Waals surface area contributed by atoms with E-state index in [1.165, 1.54) is 0 Å². The summed E-state index contributed by atoms with van der Waals surface area (Å²) in [7, 11) is 0. The van der Waals surface area contributed by atoms with E-state index in [9.17, 15) is 13.6 Å². The maximum absolute atomic E-state index is 12.9. The Morgan fingerprint density at radius 1 is 1.42 bits per heavy atom. The smallest absolute Gasteiger partial charge is 0.341 e. The summed E-state index contributed by atoms with van der Waals surface area (Å²) >= 11 is 0. The first-order valence-corrected chi connectivity index (χ1v) is 2.78. The molecule has 5 heteroatoms. The molecule has 0 spiro atoms. The van der Waals surface area contributed by atoms with E-state index in [2.05, 4.69) is 0 Å². The second-order valence-corrected chi connectivity index (χ2v) is 1.91. The van der Waals surface area contributed by atoms with Gasteiger partial charge >= 0.3 is 5.97 Å². The zero-order valence-corrected chi connectivity index (χ0v) is 5.56. The normalized spacial score (nSPS) is 12.2. The minimum Gasteiger partial charge on any atom is -0.508 e. The van der Waals surface area contributed by atoms with Crippen molar-refractivity contribution in [2.45, 2.75) is 0 Å². The summed E-state index contributed by atoms with van der Waals surface area (Å²) in [5, 5.41) is 17.2. The van der Waals surface area contributed by atoms with Gasteiger partial charge < -0.3 is 10.2 Å². The first kappa shape index (κ1) is 5.93. The first-order valence-electron chi connectivity index (χ1n) is 3.78. The molecule has 2 N–H and O–H groups in total. The molecule has 0 fully saturated rings. The number of phenolic OH excluding ortho intramolecular Hbond substituents is 1. The van der Waals surface area contributed by atoms with Crippen LogP contribution in [0, 0.1) is 11.6 Å². The van der Waals surface area contributed by atoms with Crippen LogP contribution in [0.5, 0.6) is 5.75 Å². The predicted octanol–water partition coefficient (Wildman–Crippen LogP) is 1.37. The summed E-state index contributed by atoms with van der Waals surface area (Å²) in [4.78, 5) is 10.3. The molecule has 1 rings (SSSR count). The monoisotopic (exact) mass is 176 g/mol. The van der Waals surface area contributed by atoms with Crippen LogP contribution in [0.3, 0.4) is 0 Å². The van der Waals surface area contributed by atoms with Crippen LogP contribution in [0.4, 0.5) is 8.78 Å². The van der Waals surface area contributed by atoms with Crippen molar-refractivity contribution in [1.29, 1.82) is 0 Å². The van der Waals surface area contributed by atoms with Gasteiger partial charge in [0.15, 0.2) is 0 Å². The van der Waals surface area contributed by atoms with Crippen molar-refractivity contribution < 1.29 is 26.5 Å². The molecule has 0 aromatic heterocycles. The summed E-state index contributed by atoms with van der Waals surface area (Å²) in [6.07, 6.45) is 0. The Hall–Kier alpha value is -1.65. The van der Waals surface area contributed by atoms with Gasteiger partial charge in [0.2, 0.25) is 0 Å². The highest BCUT2D eigenvalue weighted by Crippen LogP contribution is 2.18. The molecule has 64 valence electrons.